The third-order valence-corrected chi connectivity index (χ3v) is 3.37. The van der Waals surface area contributed by atoms with E-state index >= 15 is 0 Å². The molecule has 0 saturated heterocycles. The average Bonchev–Trinajstić information content (AvgIpc) is 2.68. The number of rotatable bonds is 8. The number of thioether (sulfide) groups is 1. The minimum absolute atomic E-state index is 0.00571. The summed E-state index contributed by atoms with van der Waals surface area (Å²) in [4.78, 5) is 10.5. The third kappa shape index (κ3) is 4.30. The highest BCUT2D eigenvalue weighted by atomic mass is 32.2. The Bertz CT molecular complexity index is 395. The van der Waals surface area contributed by atoms with Crippen LogP contribution < -0.4 is 0 Å². The highest BCUT2D eigenvalue weighted by Crippen LogP contribution is 2.18. The predicted octanol–water partition coefficient (Wildman–Crippen LogP) is 1.30. The molecule has 7 heteroatoms. The molecule has 0 spiro atoms. The molecule has 0 aromatic carbocycles. The fourth-order valence-corrected chi connectivity index (χ4v) is 2.42. The Morgan fingerprint density at radius 3 is 2.83 bits per heavy atom. The zero-order valence-electron chi connectivity index (χ0n) is 10.9. The molecule has 0 fully saturated rings. The SMILES string of the molecule is CCn1c(CC(C)COC)nnc1SCC(=O)O. The minimum atomic E-state index is -0.847. The zero-order valence-corrected chi connectivity index (χ0v) is 11.7. The highest BCUT2D eigenvalue weighted by Gasteiger charge is 2.14. The van der Waals surface area contributed by atoms with Crippen molar-refractivity contribution in [3.8, 4) is 0 Å². The van der Waals surface area contributed by atoms with Crippen molar-refractivity contribution in [1.82, 2.24) is 14.8 Å². The molecule has 18 heavy (non-hydrogen) atoms. The number of aliphatic carboxylic acids is 1. The van der Waals surface area contributed by atoms with Crippen LogP contribution in [0, 0.1) is 5.92 Å². The average molecular weight is 273 g/mol. The second-order valence-corrected chi connectivity index (χ2v) is 5.03. The second-order valence-electron chi connectivity index (χ2n) is 4.09. The topological polar surface area (TPSA) is 77.2 Å². The fraction of sp³-hybridized carbons (Fsp3) is 0.727. The summed E-state index contributed by atoms with van der Waals surface area (Å²) < 4.78 is 7.05. The standard InChI is InChI=1S/C11H19N3O3S/c1-4-14-9(5-8(2)6-17-3)12-13-11(14)18-7-10(15)16/h8H,4-7H2,1-3H3,(H,15,16). The smallest absolute Gasteiger partial charge is 0.313 e. The largest absolute Gasteiger partial charge is 0.481 e. The van der Waals surface area contributed by atoms with Crippen molar-refractivity contribution in [1.29, 1.82) is 0 Å². The van der Waals surface area contributed by atoms with E-state index in [0.29, 0.717) is 17.7 Å². The molecule has 0 saturated carbocycles. The van der Waals surface area contributed by atoms with Crippen molar-refractivity contribution in [3.05, 3.63) is 5.82 Å². The first-order valence-electron chi connectivity index (χ1n) is 5.84. The zero-order chi connectivity index (χ0) is 13.5. The molecule has 1 unspecified atom stereocenters. The Morgan fingerprint density at radius 1 is 1.56 bits per heavy atom. The van der Waals surface area contributed by atoms with Gasteiger partial charge in [0, 0.05) is 26.7 Å². The van der Waals surface area contributed by atoms with Crippen LogP contribution >= 0.6 is 11.8 Å². The van der Waals surface area contributed by atoms with Gasteiger partial charge in [-0.2, -0.15) is 0 Å². The van der Waals surface area contributed by atoms with Crippen LogP contribution in [0.1, 0.15) is 19.7 Å². The summed E-state index contributed by atoms with van der Waals surface area (Å²) in [7, 11) is 1.68. The number of hydrogen-bond acceptors (Lipinski definition) is 5. The first-order valence-corrected chi connectivity index (χ1v) is 6.82. The van der Waals surface area contributed by atoms with Gasteiger partial charge in [0.1, 0.15) is 5.82 Å². The van der Waals surface area contributed by atoms with Crippen LogP contribution in [0.25, 0.3) is 0 Å². The van der Waals surface area contributed by atoms with E-state index in [1.807, 2.05) is 11.5 Å². The molecule has 0 aliphatic rings. The summed E-state index contributed by atoms with van der Waals surface area (Å²) in [6.07, 6.45) is 0.780. The Morgan fingerprint density at radius 2 is 2.28 bits per heavy atom. The third-order valence-electron chi connectivity index (χ3n) is 2.42. The molecule has 1 N–H and O–H groups in total. The number of carboxylic acids is 1. The summed E-state index contributed by atoms with van der Waals surface area (Å²) in [6, 6.07) is 0. The maximum Gasteiger partial charge on any atom is 0.313 e. The van der Waals surface area contributed by atoms with Gasteiger partial charge in [0.15, 0.2) is 5.16 Å². The molecule has 1 heterocycles. The Balaban J connectivity index is 2.71. The number of aromatic nitrogens is 3. The van der Waals surface area contributed by atoms with Crippen LogP contribution in [0.2, 0.25) is 0 Å². The van der Waals surface area contributed by atoms with Gasteiger partial charge >= 0.3 is 5.97 Å². The second kappa shape index (κ2) is 7.38. The summed E-state index contributed by atoms with van der Waals surface area (Å²) in [5.74, 6) is 0.405. The number of ether oxygens (including phenoxy) is 1. The highest BCUT2D eigenvalue weighted by molar-refractivity contribution is 7.99. The van der Waals surface area contributed by atoms with Gasteiger partial charge in [0.05, 0.1) is 5.75 Å². The van der Waals surface area contributed by atoms with Crippen LogP contribution in [0.15, 0.2) is 5.16 Å². The van der Waals surface area contributed by atoms with Crippen molar-refractivity contribution < 1.29 is 14.6 Å². The van der Waals surface area contributed by atoms with E-state index in [0.717, 1.165) is 18.8 Å². The molecule has 0 aliphatic heterocycles. The molecule has 1 aromatic rings. The van der Waals surface area contributed by atoms with Crippen LogP contribution in [0.3, 0.4) is 0 Å². The minimum Gasteiger partial charge on any atom is -0.481 e. The number of methoxy groups -OCH3 is 1. The Labute approximate surface area is 111 Å². The van der Waals surface area contributed by atoms with E-state index in [-0.39, 0.29) is 5.75 Å². The van der Waals surface area contributed by atoms with E-state index in [2.05, 4.69) is 17.1 Å². The lowest BCUT2D eigenvalue weighted by Gasteiger charge is -2.11. The molecule has 6 nitrogen and oxygen atoms in total. The maximum absolute atomic E-state index is 10.5. The molecule has 1 rings (SSSR count). The van der Waals surface area contributed by atoms with Gasteiger partial charge in [-0.05, 0) is 12.8 Å². The number of hydrogen-bond donors (Lipinski definition) is 1. The first kappa shape index (κ1) is 15.0. The Hall–Kier alpha value is -1.08. The number of carboxylic acid groups (broad SMARTS) is 1. The quantitative estimate of drug-likeness (QED) is 0.719. The van der Waals surface area contributed by atoms with Gasteiger partial charge in [-0.25, -0.2) is 0 Å². The number of nitrogens with zero attached hydrogens (tertiary/aromatic N) is 3. The summed E-state index contributed by atoms with van der Waals surface area (Å²) in [5, 5.41) is 17.5. The Kier molecular flexibility index (Phi) is 6.14. The van der Waals surface area contributed by atoms with Crippen LogP contribution in [0.5, 0.6) is 0 Å². The molecule has 1 aromatic heterocycles. The fourth-order valence-electron chi connectivity index (χ4n) is 1.68. The van der Waals surface area contributed by atoms with Crippen molar-refractivity contribution >= 4 is 17.7 Å². The van der Waals surface area contributed by atoms with Crippen LogP contribution in [-0.4, -0.2) is 45.3 Å². The molecule has 102 valence electrons. The normalized spacial score (nSPS) is 12.6. The van der Waals surface area contributed by atoms with Gasteiger partial charge in [-0.15, -0.1) is 10.2 Å². The molecule has 0 amide bonds. The predicted molar refractivity (Wildman–Crippen MR) is 68.8 cm³/mol. The first-order chi connectivity index (χ1) is 8.58. The molecular weight excluding hydrogens is 254 g/mol. The monoisotopic (exact) mass is 273 g/mol. The van der Waals surface area contributed by atoms with Crippen molar-refractivity contribution in [2.45, 2.75) is 32.0 Å². The summed E-state index contributed by atoms with van der Waals surface area (Å²) in [6.45, 7) is 5.50. The summed E-state index contributed by atoms with van der Waals surface area (Å²) >= 11 is 1.20. The lowest BCUT2D eigenvalue weighted by atomic mass is 10.1. The molecule has 1 atom stereocenters. The summed E-state index contributed by atoms with van der Waals surface area (Å²) in [5.41, 5.74) is 0. The number of carbonyl (C=O) groups is 1. The lowest BCUT2D eigenvalue weighted by Crippen LogP contribution is -2.12. The van der Waals surface area contributed by atoms with Gasteiger partial charge in [0.25, 0.3) is 0 Å². The lowest BCUT2D eigenvalue weighted by molar-refractivity contribution is -0.133. The molecular formula is C11H19N3O3S. The van der Waals surface area contributed by atoms with Gasteiger partial charge in [0.2, 0.25) is 0 Å². The van der Waals surface area contributed by atoms with E-state index in [4.69, 9.17) is 9.84 Å². The van der Waals surface area contributed by atoms with Crippen LogP contribution in [0.4, 0.5) is 0 Å². The van der Waals surface area contributed by atoms with E-state index < -0.39 is 5.97 Å². The molecule has 0 radical (unpaired) electrons. The van der Waals surface area contributed by atoms with E-state index in [1.165, 1.54) is 11.8 Å². The van der Waals surface area contributed by atoms with Gasteiger partial charge in [-0.3, -0.25) is 4.79 Å². The maximum atomic E-state index is 10.5. The van der Waals surface area contributed by atoms with Gasteiger partial charge in [-0.1, -0.05) is 18.7 Å². The van der Waals surface area contributed by atoms with Crippen LogP contribution in [-0.2, 0) is 22.5 Å². The molecule has 0 aliphatic carbocycles. The van der Waals surface area contributed by atoms with E-state index in [9.17, 15) is 4.79 Å². The van der Waals surface area contributed by atoms with Crippen molar-refractivity contribution in [3.63, 3.8) is 0 Å². The van der Waals surface area contributed by atoms with Crippen molar-refractivity contribution in [2.75, 3.05) is 19.5 Å². The van der Waals surface area contributed by atoms with Gasteiger partial charge < -0.3 is 14.4 Å². The van der Waals surface area contributed by atoms with E-state index in [1.54, 1.807) is 7.11 Å². The molecule has 0 bridgehead atoms. The van der Waals surface area contributed by atoms with Crippen molar-refractivity contribution in [2.24, 2.45) is 5.92 Å².